The van der Waals surface area contributed by atoms with Gasteiger partial charge in [0.15, 0.2) is 0 Å². The van der Waals surface area contributed by atoms with Gasteiger partial charge in [0.2, 0.25) is 5.95 Å². The van der Waals surface area contributed by atoms with Gasteiger partial charge in [0.25, 0.3) is 0 Å². The molecule has 5 nitrogen and oxygen atoms in total. The number of hydrogen-bond acceptors (Lipinski definition) is 5. The predicted molar refractivity (Wildman–Crippen MR) is 77.3 cm³/mol. The van der Waals surface area contributed by atoms with Crippen LogP contribution in [0.25, 0.3) is 0 Å². The number of aromatic nitrogens is 3. The second-order valence-corrected chi connectivity index (χ2v) is 4.29. The van der Waals surface area contributed by atoms with E-state index in [1.165, 1.54) is 5.56 Å². The normalized spacial score (nSPS) is 10.3. The minimum Gasteiger partial charge on any atom is -0.364 e. The maximum absolute atomic E-state index is 4.42. The lowest BCUT2D eigenvalue weighted by Crippen LogP contribution is -2.09. The fourth-order valence-electron chi connectivity index (χ4n) is 1.86. The van der Waals surface area contributed by atoms with Crippen molar-refractivity contribution in [3.05, 3.63) is 41.3 Å². The maximum Gasteiger partial charge on any atom is 0.224 e. The molecule has 0 aromatic carbocycles. The molecule has 0 bridgehead atoms. The molecule has 0 fully saturated rings. The molecular weight excluding hydrogens is 238 g/mol. The summed E-state index contributed by atoms with van der Waals surface area (Å²) in [6.07, 6.45) is 4.61. The fraction of sp³-hybridized carbons (Fsp3) is 0.357. The summed E-state index contributed by atoms with van der Waals surface area (Å²) in [6.45, 7) is 4.79. The molecule has 0 atom stereocenters. The summed E-state index contributed by atoms with van der Waals surface area (Å²) >= 11 is 0. The summed E-state index contributed by atoms with van der Waals surface area (Å²) in [4.78, 5) is 13.0. The van der Waals surface area contributed by atoms with Crippen molar-refractivity contribution in [1.82, 2.24) is 15.0 Å². The lowest BCUT2D eigenvalue weighted by Gasteiger charge is -2.11. The van der Waals surface area contributed by atoms with Gasteiger partial charge in [0, 0.05) is 25.0 Å². The molecule has 0 aliphatic rings. The predicted octanol–water partition coefficient (Wildman–Crippen LogP) is 2.40. The first-order valence-corrected chi connectivity index (χ1v) is 6.42. The fourth-order valence-corrected chi connectivity index (χ4v) is 1.86. The van der Waals surface area contributed by atoms with Gasteiger partial charge in [0.1, 0.15) is 5.82 Å². The highest BCUT2D eigenvalue weighted by atomic mass is 15.1. The SMILES string of the molecule is CCc1cccnc1CNc1nc(NC)ncc1C. The highest BCUT2D eigenvalue weighted by molar-refractivity contribution is 5.46. The molecule has 0 saturated heterocycles. The van der Waals surface area contributed by atoms with Crippen LogP contribution in [0.5, 0.6) is 0 Å². The van der Waals surface area contributed by atoms with E-state index in [2.05, 4.69) is 38.6 Å². The zero-order valence-corrected chi connectivity index (χ0v) is 11.6. The number of rotatable bonds is 5. The highest BCUT2D eigenvalue weighted by Gasteiger charge is 2.05. The van der Waals surface area contributed by atoms with Crippen LogP contribution in [0.4, 0.5) is 11.8 Å². The molecule has 5 heteroatoms. The van der Waals surface area contributed by atoms with Crippen molar-refractivity contribution >= 4 is 11.8 Å². The van der Waals surface area contributed by atoms with E-state index in [4.69, 9.17) is 0 Å². The van der Waals surface area contributed by atoms with Crippen LogP contribution in [0.3, 0.4) is 0 Å². The minimum atomic E-state index is 0.616. The zero-order valence-electron chi connectivity index (χ0n) is 11.6. The number of nitrogens with zero attached hydrogens (tertiary/aromatic N) is 3. The summed E-state index contributed by atoms with van der Waals surface area (Å²) in [5.74, 6) is 1.46. The third-order valence-corrected chi connectivity index (χ3v) is 2.98. The van der Waals surface area contributed by atoms with E-state index in [1.54, 1.807) is 6.20 Å². The van der Waals surface area contributed by atoms with Crippen LogP contribution in [-0.4, -0.2) is 22.0 Å². The first kappa shape index (κ1) is 13.3. The van der Waals surface area contributed by atoms with E-state index in [9.17, 15) is 0 Å². The summed E-state index contributed by atoms with van der Waals surface area (Å²) in [5.41, 5.74) is 3.34. The molecule has 0 aliphatic heterocycles. The summed E-state index contributed by atoms with van der Waals surface area (Å²) in [6, 6.07) is 4.08. The van der Waals surface area contributed by atoms with Crippen LogP contribution in [0, 0.1) is 6.92 Å². The second-order valence-electron chi connectivity index (χ2n) is 4.29. The molecule has 2 rings (SSSR count). The van der Waals surface area contributed by atoms with Gasteiger partial charge in [-0.1, -0.05) is 13.0 Å². The molecular formula is C14H19N5. The van der Waals surface area contributed by atoms with Crippen molar-refractivity contribution in [3.8, 4) is 0 Å². The molecule has 0 radical (unpaired) electrons. The van der Waals surface area contributed by atoms with Crippen molar-refractivity contribution in [2.45, 2.75) is 26.8 Å². The van der Waals surface area contributed by atoms with Gasteiger partial charge in [-0.15, -0.1) is 0 Å². The molecule has 0 unspecified atom stereocenters. The van der Waals surface area contributed by atoms with Crippen LogP contribution in [-0.2, 0) is 13.0 Å². The van der Waals surface area contributed by atoms with Crippen molar-refractivity contribution in [2.24, 2.45) is 0 Å². The Morgan fingerprint density at radius 2 is 2.11 bits per heavy atom. The van der Waals surface area contributed by atoms with E-state index in [1.807, 2.05) is 26.2 Å². The van der Waals surface area contributed by atoms with Gasteiger partial charge in [-0.05, 0) is 25.0 Å². The molecule has 0 spiro atoms. The van der Waals surface area contributed by atoms with E-state index >= 15 is 0 Å². The number of nitrogens with one attached hydrogen (secondary N) is 2. The van der Waals surface area contributed by atoms with Crippen LogP contribution in [0.15, 0.2) is 24.5 Å². The van der Waals surface area contributed by atoms with Crippen LogP contribution in [0.1, 0.15) is 23.7 Å². The second kappa shape index (κ2) is 6.13. The highest BCUT2D eigenvalue weighted by Crippen LogP contribution is 2.14. The Kier molecular flexibility index (Phi) is 4.28. The molecule has 2 aromatic rings. The first-order valence-electron chi connectivity index (χ1n) is 6.42. The maximum atomic E-state index is 4.42. The van der Waals surface area contributed by atoms with Gasteiger partial charge in [-0.3, -0.25) is 4.98 Å². The summed E-state index contributed by atoms with van der Waals surface area (Å²) < 4.78 is 0. The number of hydrogen-bond donors (Lipinski definition) is 2. The summed E-state index contributed by atoms with van der Waals surface area (Å²) in [5, 5.41) is 6.26. The molecule has 19 heavy (non-hydrogen) atoms. The van der Waals surface area contributed by atoms with Crippen molar-refractivity contribution < 1.29 is 0 Å². The van der Waals surface area contributed by atoms with Gasteiger partial charge >= 0.3 is 0 Å². The van der Waals surface area contributed by atoms with Crippen molar-refractivity contribution in [1.29, 1.82) is 0 Å². The lowest BCUT2D eigenvalue weighted by atomic mass is 10.1. The Balaban J connectivity index is 2.14. The van der Waals surface area contributed by atoms with E-state index in [-0.39, 0.29) is 0 Å². The third-order valence-electron chi connectivity index (χ3n) is 2.98. The molecule has 0 amide bonds. The molecule has 0 saturated carbocycles. The monoisotopic (exact) mass is 257 g/mol. The molecule has 2 N–H and O–H groups in total. The smallest absolute Gasteiger partial charge is 0.224 e. The number of pyridine rings is 1. The Morgan fingerprint density at radius 1 is 1.26 bits per heavy atom. The average Bonchev–Trinajstić information content (AvgIpc) is 2.46. The zero-order chi connectivity index (χ0) is 13.7. The number of anilines is 2. The Morgan fingerprint density at radius 3 is 2.84 bits per heavy atom. The van der Waals surface area contributed by atoms with Gasteiger partial charge in [-0.2, -0.15) is 4.98 Å². The van der Waals surface area contributed by atoms with Crippen LogP contribution >= 0.6 is 0 Å². The Hall–Kier alpha value is -2.17. The van der Waals surface area contributed by atoms with E-state index < -0.39 is 0 Å². The largest absolute Gasteiger partial charge is 0.364 e. The van der Waals surface area contributed by atoms with E-state index in [0.717, 1.165) is 23.5 Å². The number of aryl methyl sites for hydroxylation is 2. The topological polar surface area (TPSA) is 62.7 Å². The molecule has 2 heterocycles. The average molecular weight is 257 g/mol. The van der Waals surface area contributed by atoms with Crippen LogP contribution < -0.4 is 10.6 Å². The van der Waals surface area contributed by atoms with Crippen LogP contribution in [0.2, 0.25) is 0 Å². The Labute approximate surface area is 113 Å². The van der Waals surface area contributed by atoms with Gasteiger partial charge in [-0.25, -0.2) is 4.98 Å². The van der Waals surface area contributed by atoms with Gasteiger partial charge < -0.3 is 10.6 Å². The molecule has 0 aliphatic carbocycles. The van der Waals surface area contributed by atoms with Crippen molar-refractivity contribution in [3.63, 3.8) is 0 Å². The van der Waals surface area contributed by atoms with E-state index in [0.29, 0.717) is 12.5 Å². The quantitative estimate of drug-likeness (QED) is 0.861. The first-order chi connectivity index (χ1) is 9.24. The lowest BCUT2D eigenvalue weighted by molar-refractivity contribution is 0.957. The third kappa shape index (κ3) is 3.19. The standard InChI is InChI=1S/C14H19N5/c1-4-11-6-5-7-16-12(11)9-17-13-10(2)8-18-14(15-3)19-13/h5-8H,4,9H2,1-3H3,(H2,15,17,18,19). The minimum absolute atomic E-state index is 0.616. The summed E-state index contributed by atoms with van der Waals surface area (Å²) in [7, 11) is 1.81. The van der Waals surface area contributed by atoms with Crippen molar-refractivity contribution in [2.75, 3.05) is 17.7 Å². The Bertz CT molecular complexity index is 553. The van der Waals surface area contributed by atoms with Gasteiger partial charge in [0.05, 0.1) is 12.2 Å². The molecule has 100 valence electrons. The molecule has 2 aromatic heterocycles.